The average Bonchev–Trinajstić information content (AvgIpc) is 3.34. The quantitative estimate of drug-likeness (QED) is 0.320. The summed E-state index contributed by atoms with van der Waals surface area (Å²) in [6.07, 6.45) is 1.76. The van der Waals surface area contributed by atoms with Gasteiger partial charge < -0.3 is 14.9 Å². The minimum absolute atomic E-state index is 0.0425. The van der Waals surface area contributed by atoms with Crippen molar-refractivity contribution in [3.05, 3.63) is 94.0 Å². The first-order valence-electron chi connectivity index (χ1n) is 12.1. The van der Waals surface area contributed by atoms with Crippen molar-refractivity contribution in [1.82, 2.24) is 4.90 Å². The van der Waals surface area contributed by atoms with Crippen LogP contribution >= 0.6 is 23.2 Å². The van der Waals surface area contributed by atoms with Gasteiger partial charge in [0.25, 0.3) is 0 Å². The molecule has 5 nitrogen and oxygen atoms in total. The predicted octanol–water partition coefficient (Wildman–Crippen LogP) is 6.78. The lowest BCUT2D eigenvalue weighted by Gasteiger charge is -2.39. The van der Waals surface area contributed by atoms with Crippen LogP contribution in [0.1, 0.15) is 44.2 Å². The summed E-state index contributed by atoms with van der Waals surface area (Å²) in [7, 11) is 0. The largest absolute Gasteiger partial charge is 0.504 e. The predicted molar refractivity (Wildman–Crippen MR) is 143 cm³/mol. The lowest BCUT2D eigenvalue weighted by atomic mass is 9.69. The molecule has 1 fully saturated rings. The number of carboxylic acids is 1. The number of phenols is 1. The third kappa shape index (κ3) is 5.34. The molecule has 7 heteroatoms. The molecule has 36 heavy (non-hydrogen) atoms. The molecule has 0 radical (unpaired) electrons. The van der Waals surface area contributed by atoms with Crippen molar-refractivity contribution in [1.29, 1.82) is 0 Å². The molecule has 3 aromatic carbocycles. The second-order valence-electron chi connectivity index (χ2n) is 9.96. The summed E-state index contributed by atoms with van der Waals surface area (Å²) >= 11 is 12.1. The van der Waals surface area contributed by atoms with E-state index in [2.05, 4.69) is 18.7 Å². The van der Waals surface area contributed by atoms with E-state index in [1.807, 2.05) is 60.7 Å². The Hall–Kier alpha value is -2.73. The third-order valence-electron chi connectivity index (χ3n) is 7.31. The zero-order chi connectivity index (χ0) is 25.9. The number of halogens is 2. The first kappa shape index (κ1) is 26.3. The topological polar surface area (TPSA) is 70.0 Å². The van der Waals surface area contributed by atoms with Crippen molar-refractivity contribution < 1.29 is 19.7 Å². The molecule has 0 unspecified atom stereocenters. The van der Waals surface area contributed by atoms with Gasteiger partial charge in [0.05, 0.1) is 10.0 Å². The summed E-state index contributed by atoms with van der Waals surface area (Å²) in [5.41, 5.74) is 0.123. The lowest BCUT2D eigenvalue weighted by Crippen LogP contribution is -2.46. The maximum absolute atomic E-state index is 12.9. The molecular formula is C29H31Cl2NO4. The van der Waals surface area contributed by atoms with Gasteiger partial charge in [-0.25, -0.2) is 0 Å². The number of rotatable bonds is 9. The Morgan fingerprint density at radius 1 is 0.972 bits per heavy atom. The molecule has 1 heterocycles. The first-order chi connectivity index (χ1) is 17.1. The van der Waals surface area contributed by atoms with Crippen LogP contribution in [-0.4, -0.2) is 45.8 Å². The van der Waals surface area contributed by atoms with E-state index in [9.17, 15) is 15.0 Å². The van der Waals surface area contributed by atoms with Gasteiger partial charge in [0.1, 0.15) is 11.5 Å². The summed E-state index contributed by atoms with van der Waals surface area (Å²) in [6.45, 7) is 5.75. The number of aliphatic carboxylic acids is 1. The molecule has 3 aromatic rings. The molecule has 0 saturated carbocycles. The van der Waals surface area contributed by atoms with Crippen molar-refractivity contribution in [3.8, 4) is 11.5 Å². The van der Waals surface area contributed by atoms with E-state index in [4.69, 9.17) is 27.9 Å². The fourth-order valence-corrected chi connectivity index (χ4v) is 5.38. The van der Waals surface area contributed by atoms with Crippen LogP contribution < -0.4 is 4.74 Å². The summed E-state index contributed by atoms with van der Waals surface area (Å²) in [4.78, 5) is 15.2. The number of hydrogen-bond donors (Lipinski definition) is 2. The maximum atomic E-state index is 12.9. The number of nitrogens with zero attached hydrogens (tertiary/aromatic N) is 1. The fourth-order valence-electron chi connectivity index (χ4n) is 5.07. The van der Waals surface area contributed by atoms with Crippen LogP contribution in [0.3, 0.4) is 0 Å². The highest BCUT2D eigenvalue weighted by atomic mass is 35.5. The third-order valence-corrected chi connectivity index (χ3v) is 8.03. The van der Waals surface area contributed by atoms with Gasteiger partial charge in [-0.05, 0) is 44.2 Å². The van der Waals surface area contributed by atoms with E-state index >= 15 is 0 Å². The van der Waals surface area contributed by atoms with Crippen LogP contribution in [0.15, 0.2) is 72.8 Å². The summed E-state index contributed by atoms with van der Waals surface area (Å²) in [5.74, 6) is -0.584. The Bertz CT molecular complexity index is 1160. The van der Waals surface area contributed by atoms with Crippen LogP contribution in [0.5, 0.6) is 11.5 Å². The molecule has 190 valence electrons. The van der Waals surface area contributed by atoms with Crippen molar-refractivity contribution in [2.75, 3.05) is 13.1 Å². The monoisotopic (exact) mass is 527 g/mol. The van der Waals surface area contributed by atoms with Gasteiger partial charge in [0.15, 0.2) is 11.5 Å². The molecule has 2 N–H and O–H groups in total. The minimum atomic E-state index is -1.15. The van der Waals surface area contributed by atoms with Crippen LogP contribution in [0.25, 0.3) is 0 Å². The first-order valence-corrected chi connectivity index (χ1v) is 12.8. The van der Waals surface area contributed by atoms with Crippen molar-refractivity contribution >= 4 is 29.2 Å². The van der Waals surface area contributed by atoms with Crippen LogP contribution in [0, 0.1) is 0 Å². The number of carbonyl (C=O) groups is 1. The van der Waals surface area contributed by atoms with Crippen molar-refractivity contribution in [2.45, 2.75) is 50.2 Å². The molecule has 0 aromatic heterocycles. The molecule has 0 bridgehead atoms. The number of phenolic OH excluding ortho intramolecular Hbond substituents is 1. The fraction of sp³-hybridized carbons (Fsp3) is 0.345. The molecule has 1 atom stereocenters. The van der Waals surface area contributed by atoms with Crippen LogP contribution in [-0.2, 0) is 10.2 Å². The van der Waals surface area contributed by atoms with Gasteiger partial charge in [-0.15, -0.1) is 0 Å². The SMILES string of the molecule is CC(C)(CCC(C(=O)O)(c1ccccc1)c1ccccc1)N1CC[C@H](Oc2cc(Cl)c(Cl)cc2O)C1. The normalized spacial score (nSPS) is 16.7. The Morgan fingerprint density at radius 3 is 2.08 bits per heavy atom. The van der Waals surface area contributed by atoms with Crippen LogP contribution in [0.2, 0.25) is 10.0 Å². The van der Waals surface area contributed by atoms with E-state index in [1.54, 1.807) is 0 Å². The highest BCUT2D eigenvalue weighted by Gasteiger charge is 2.44. The van der Waals surface area contributed by atoms with Gasteiger partial charge in [0.2, 0.25) is 0 Å². The average molecular weight is 528 g/mol. The number of likely N-dealkylation sites (tertiary alicyclic amines) is 1. The Morgan fingerprint density at radius 2 is 1.53 bits per heavy atom. The highest BCUT2D eigenvalue weighted by molar-refractivity contribution is 6.42. The van der Waals surface area contributed by atoms with Crippen molar-refractivity contribution in [2.24, 2.45) is 0 Å². The van der Waals surface area contributed by atoms with E-state index < -0.39 is 11.4 Å². The van der Waals surface area contributed by atoms with Crippen LogP contribution in [0.4, 0.5) is 0 Å². The Balaban J connectivity index is 1.52. The van der Waals surface area contributed by atoms with Gasteiger partial charge in [-0.2, -0.15) is 0 Å². The second kappa shape index (κ2) is 10.7. The Kier molecular flexibility index (Phi) is 7.84. The molecule has 1 aliphatic rings. The number of aromatic hydroxyl groups is 1. The van der Waals surface area contributed by atoms with Gasteiger partial charge >= 0.3 is 5.97 Å². The molecule has 0 amide bonds. The van der Waals surface area contributed by atoms with E-state index in [-0.39, 0.29) is 22.4 Å². The van der Waals surface area contributed by atoms with E-state index in [0.717, 1.165) is 24.1 Å². The summed E-state index contributed by atoms with van der Waals surface area (Å²) in [6, 6.07) is 21.9. The molecule has 0 aliphatic carbocycles. The van der Waals surface area contributed by atoms with E-state index in [0.29, 0.717) is 30.2 Å². The number of carboxylic acid groups (broad SMARTS) is 1. The molecule has 4 rings (SSSR count). The Labute approximate surface area is 222 Å². The lowest BCUT2D eigenvalue weighted by molar-refractivity contribution is -0.142. The molecular weight excluding hydrogens is 497 g/mol. The maximum Gasteiger partial charge on any atom is 0.318 e. The van der Waals surface area contributed by atoms with Crippen molar-refractivity contribution in [3.63, 3.8) is 0 Å². The molecule has 1 saturated heterocycles. The number of hydrogen-bond acceptors (Lipinski definition) is 4. The number of ether oxygens (including phenoxy) is 1. The summed E-state index contributed by atoms with van der Waals surface area (Å²) in [5, 5.41) is 21.4. The van der Waals surface area contributed by atoms with Gasteiger partial charge in [-0.1, -0.05) is 83.9 Å². The molecule has 0 spiro atoms. The zero-order valence-corrected chi connectivity index (χ0v) is 22.0. The minimum Gasteiger partial charge on any atom is -0.504 e. The number of benzene rings is 3. The second-order valence-corrected chi connectivity index (χ2v) is 10.8. The highest BCUT2D eigenvalue weighted by Crippen LogP contribution is 2.41. The van der Waals surface area contributed by atoms with E-state index in [1.165, 1.54) is 12.1 Å². The van der Waals surface area contributed by atoms with Gasteiger partial charge in [0, 0.05) is 30.8 Å². The summed E-state index contributed by atoms with van der Waals surface area (Å²) < 4.78 is 6.06. The standard InChI is InChI=1S/C29H31Cl2NO4/c1-28(2,32-16-13-22(19-32)36-26-18-24(31)23(30)17-25(26)33)14-15-29(27(34)35,20-9-5-3-6-10-20)21-11-7-4-8-12-21/h3-12,17-18,22,33H,13-16,19H2,1-2H3,(H,34,35)/t22-/m0/s1. The smallest absolute Gasteiger partial charge is 0.318 e. The zero-order valence-electron chi connectivity index (χ0n) is 20.5. The van der Waals surface area contributed by atoms with Gasteiger partial charge in [-0.3, -0.25) is 9.69 Å². The molecule has 1 aliphatic heterocycles.